The third-order valence-electron chi connectivity index (χ3n) is 3.53. The van der Waals surface area contributed by atoms with Gasteiger partial charge >= 0.3 is 0 Å². The molecular weight excluding hydrogens is 372 g/mol. The van der Waals surface area contributed by atoms with Gasteiger partial charge in [0, 0.05) is 10.2 Å². The van der Waals surface area contributed by atoms with Crippen LogP contribution < -0.4 is 10.2 Å². The molecule has 0 atom stereocenters. The molecule has 2 N–H and O–H groups in total. The minimum absolute atomic E-state index is 0.0544. The number of anilines is 1. The van der Waals surface area contributed by atoms with E-state index in [1.165, 1.54) is 0 Å². The molecule has 0 radical (unpaired) electrons. The van der Waals surface area contributed by atoms with Crippen LogP contribution in [0.3, 0.4) is 0 Å². The summed E-state index contributed by atoms with van der Waals surface area (Å²) in [5.41, 5.74) is 0.768. The number of furan rings is 2. The zero-order valence-corrected chi connectivity index (χ0v) is 14.6. The summed E-state index contributed by atoms with van der Waals surface area (Å²) in [5, 5.41) is 2.92. The Labute approximate surface area is 148 Å². The number of rotatable bonds is 7. The van der Waals surface area contributed by atoms with Crippen LogP contribution in [0.4, 0.5) is 5.69 Å². The van der Waals surface area contributed by atoms with Crippen molar-refractivity contribution in [2.45, 2.75) is 13.1 Å². The summed E-state index contributed by atoms with van der Waals surface area (Å²) in [6.45, 7) is 1.53. The second-order valence-corrected chi connectivity index (χ2v) is 6.41. The van der Waals surface area contributed by atoms with Crippen molar-refractivity contribution in [3.8, 4) is 0 Å². The fourth-order valence-corrected chi connectivity index (χ4v) is 2.90. The Kier molecular flexibility index (Phi) is 5.51. The Hall–Kier alpha value is -2.31. The molecule has 1 aromatic carbocycles. The highest BCUT2D eigenvalue weighted by molar-refractivity contribution is 9.10. The zero-order valence-electron chi connectivity index (χ0n) is 13.0. The first-order valence-electron chi connectivity index (χ1n) is 7.63. The maximum absolute atomic E-state index is 12.4. The van der Waals surface area contributed by atoms with E-state index in [1.807, 2.05) is 48.5 Å². The van der Waals surface area contributed by atoms with Gasteiger partial charge in [-0.2, -0.15) is 0 Å². The summed E-state index contributed by atoms with van der Waals surface area (Å²) >= 11 is 3.40. The average Bonchev–Trinajstić information content (AvgIpc) is 3.21. The van der Waals surface area contributed by atoms with Crippen molar-refractivity contribution < 1.29 is 18.5 Å². The van der Waals surface area contributed by atoms with E-state index in [-0.39, 0.29) is 5.91 Å². The average molecular weight is 390 g/mol. The van der Waals surface area contributed by atoms with Crippen molar-refractivity contribution in [1.29, 1.82) is 0 Å². The largest absolute Gasteiger partial charge is 0.463 e. The highest BCUT2D eigenvalue weighted by atomic mass is 79.9. The first-order chi connectivity index (χ1) is 11.7. The van der Waals surface area contributed by atoms with E-state index in [9.17, 15) is 4.79 Å². The van der Waals surface area contributed by atoms with Gasteiger partial charge in [-0.15, -0.1) is 0 Å². The van der Waals surface area contributed by atoms with E-state index in [4.69, 9.17) is 8.83 Å². The molecule has 3 rings (SSSR count). The molecule has 24 heavy (non-hydrogen) atoms. The molecule has 0 unspecified atom stereocenters. The van der Waals surface area contributed by atoms with Crippen LogP contribution in [0.15, 0.2) is 74.4 Å². The summed E-state index contributed by atoms with van der Waals surface area (Å²) in [4.78, 5) is 13.4. The summed E-state index contributed by atoms with van der Waals surface area (Å²) in [6.07, 6.45) is 3.28. The van der Waals surface area contributed by atoms with Crippen molar-refractivity contribution in [2.24, 2.45) is 0 Å². The molecule has 0 aliphatic heterocycles. The van der Waals surface area contributed by atoms with E-state index in [0.717, 1.165) is 26.6 Å². The molecule has 0 fully saturated rings. The van der Waals surface area contributed by atoms with Gasteiger partial charge in [-0.3, -0.25) is 4.79 Å². The molecule has 0 saturated heterocycles. The number of nitrogens with one attached hydrogen (secondary N) is 2. The Morgan fingerprint density at radius 1 is 1.00 bits per heavy atom. The third-order valence-corrected chi connectivity index (χ3v) is 4.02. The normalized spacial score (nSPS) is 10.9. The van der Waals surface area contributed by atoms with Crippen LogP contribution in [0.5, 0.6) is 0 Å². The van der Waals surface area contributed by atoms with Gasteiger partial charge in [-0.05, 0) is 42.5 Å². The summed E-state index contributed by atoms with van der Waals surface area (Å²) in [6, 6.07) is 15.1. The van der Waals surface area contributed by atoms with Gasteiger partial charge in [0.2, 0.25) is 0 Å². The third kappa shape index (κ3) is 4.84. The number of quaternary nitrogens is 1. The monoisotopic (exact) mass is 389 g/mol. The highest BCUT2D eigenvalue weighted by Gasteiger charge is 2.18. The lowest BCUT2D eigenvalue weighted by Gasteiger charge is -2.17. The van der Waals surface area contributed by atoms with E-state index in [0.29, 0.717) is 19.6 Å². The Morgan fingerprint density at radius 3 is 2.21 bits per heavy atom. The van der Waals surface area contributed by atoms with E-state index < -0.39 is 0 Å². The fourth-order valence-electron chi connectivity index (χ4n) is 2.51. The lowest BCUT2D eigenvalue weighted by molar-refractivity contribution is -0.921. The number of halogens is 1. The zero-order chi connectivity index (χ0) is 16.8. The van der Waals surface area contributed by atoms with Crippen molar-refractivity contribution in [3.05, 3.63) is 77.1 Å². The second kappa shape index (κ2) is 7.99. The molecule has 0 bridgehead atoms. The van der Waals surface area contributed by atoms with Crippen LogP contribution in [-0.2, 0) is 17.9 Å². The second-order valence-electron chi connectivity index (χ2n) is 5.50. The maximum atomic E-state index is 12.4. The van der Waals surface area contributed by atoms with E-state index in [2.05, 4.69) is 21.2 Å². The van der Waals surface area contributed by atoms with Crippen LogP contribution in [0.1, 0.15) is 11.5 Å². The summed E-state index contributed by atoms with van der Waals surface area (Å²) in [5.74, 6) is 1.62. The van der Waals surface area contributed by atoms with Crippen molar-refractivity contribution in [2.75, 3.05) is 11.9 Å². The predicted molar refractivity (Wildman–Crippen MR) is 93.4 cm³/mol. The topological polar surface area (TPSA) is 59.8 Å². The van der Waals surface area contributed by atoms with Crippen LogP contribution in [0, 0.1) is 0 Å². The standard InChI is InChI=1S/C18H17BrN2O3/c19-14-4-1-5-15(10-14)20-18(22)13-21(11-16-6-2-8-23-16)12-17-7-3-9-24-17/h1-10H,11-13H2,(H,20,22)/p+1. The summed E-state index contributed by atoms with van der Waals surface area (Å²) in [7, 11) is 0. The molecule has 1 amide bonds. The molecule has 2 heterocycles. The molecule has 0 aliphatic rings. The number of hydrogen-bond acceptors (Lipinski definition) is 3. The van der Waals surface area contributed by atoms with Gasteiger partial charge in [-0.1, -0.05) is 22.0 Å². The van der Waals surface area contributed by atoms with Gasteiger partial charge in [-0.25, -0.2) is 0 Å². The molecular formula is C18H18BrN2O3+. The van der Waals surface area contributed by atoms with E-state index in [1.54, 1.807) is 12.5 Å². The fraction of sp³-hybridized carbons (Fsp3) is 0.167. The van der Waals surface area contributed by atoms with Crippen molar-refractivity contribution in [1.82, 2.24) is 0 Å². The first kappa shape index (κ1) is 16.5. The van der Waals surface area contributed by atoms with Crippen LogP contribution in [0.25, 0.3) is 0 Å². The first-order valence-corrected chi connectivity index (χ1v) is 8.42. The molecule has 0 saturated carbocycles. The lowest BCUT2D eigenvalue weighted by atomic mass is 10.3. The van der Waals surface area contributed by atoms with Gasteiger partial charge in [0.15, 0.2) is 18.1 Å². The Bertz CT molecular complexity index is 733. The Morgan fingerprint density at radius 2 is 1.67 bits per heavy atom. The van der Waals surface area contributed by atoms with E-state index >= 15 is 0 Å². The van der Waals surface area contributed by atoms with Crippen molar-refractivity contribution >= 4 is 27.5 Å². The summed E-state index contributed by atoms with van der Waals surface area (Å²) < 4.78 is 11.7. The number of amides is 1. The van der Waals surface area contributed by atoms with Crippen LogP contribution >= 0.6 is 15.9 Å². The van der Waals surface area contributed by atoms with Gasteiger partial charge in [0.1, 0.15) is 13.1 Å². The maximum Gasteiger partial charge on any atom is 0.279 e. The van der Waals surface area contributed by atoms with Gasteiger partial charge in [0.05, 0.1) is 12.5 Å². The molecule has 2 aromatic heterocycles. The molecule has 3 aromatic rings. The number of carbonyl (C=O) groups excluding carboxylic acids is 1. The minimum Gasteiger partial charge on any atom is -0.463 e. The quantitative estimate of drug-likeness (QED) is 0.652. The number of hydrogen-bond donors (Lipinski definition) is 2. The molecule has 5 nitrogen and oxygen atoms in total. The van der Waals surface area contributed by atoms with Gasteiger partial charge in [0.25, 0.3) is 5.91 Å². The van der Waals surface area contributed by atoms with Crippen molar-refractivity contribution in [3.63, 3.8) is 0 Å². The lowest BCUT2D eigenvalue weighted by Crippen LogP contribution is -3.10. The van der Waals surface area contributed by atoms with Gasteiger partial charge < -0.3 is 19.1 Å². The molecule has 124 valence electrons. The minimum atomic E-state index is -0.0544. The predicted octanol–water partition coefficient (Wildman–Crippen LogP) is 2.86. The number of carbonyl (C=O) groups is 1. The highest BCUT2D eigenvalue weighted by Crippen LogP contribution is 2.15. The SMILES string of the molecule is O=C(C[NH+](Cc1ccco1)Cc1ccco1)Nc1cccc(Br)c1. The Balaban J connectivity index is 1.64. The number of benzene rings is 1. The van der Waals surface area contributed by atoms with Crippen LogP contribution in [-0.4, -0.2) is 12.5 Å². The molecule has 6 heteroatoms. The van der Waals surface area contributed by atoms with Crippen LogP contribution in [0.2, 0.25) is 0 Å². The smallest absolute Gasteiger partial charge is 0.279 e. The molecule has 0 spiro atoms. The molecule has 0 aliphatic carbocycles.